The van der Waals surface area contributed by atoms with E-state index in [1.165, 1.54) is 0 Å². The highest BCUT2D eigenvalue weighted by Gasteiger charge is 2.03. The maximum Gasteiger partial charge on any atom is 0.148 e. The van der Waals surface area contributed by atoms with Crippen molar-refractivity contribution >= 4 is 28.3 Å². The Labute approximate surface area is 118 Å². The van der Waals surface area contributed by atoms with Gasteiger partial charge in [-0.1, -0.05) is 28.8 Å². The van der Waals surface area contributed by atoms with Crippen LogP contribution in [0.15, 0.2) is 22.7 Å². The summed E-state index contributed by atoms with van der Waals surface area (Å²) in [7, 11) is 0. The Morgan fingerprint density at radius 2 is 2.24 bits per heavy atom. The van der Waals surface area contributed by atoms with Gasteiger partial charge in [0.05, 0.1) is 0 Å². The Hall–Kier alpha value is -0.690. The van der Waals surface area contributed by atoms with E-state index in [4.69, 9.17) is 11.2 Å². The second-order valence-corrected chi connectivity index (χ2v) is 4.34. The fourth-order valence-corrected chi connectivity index (χ4v) is 1.75. The number of nitrogens with one attached hydrogen (secondary N) is 1. The first-order chi connectivity index (χ1) is 7.77. The van der Waals surface area contributed by atoms with E-state index in [-0.39, 0.29) is 12.4 Å². The molecule has 0 bridgehead atoms. The maximum atomic E-state index is 5.48. The van der Waals surface area contributed by atoms with Gasteiger partial charge in [0.1, 0.15) is 12.4 Å². The van der Waals surface area contributed by atoms with Crippen molar-refractivity contribution in [2.45, 2.75) is 19.9 Å². The van der Waals surface area contributed by atoms with Crippen LogP contribution in [0.4, 0.5) is 0 Å². The molecule has 0 aliphatic heterocycles. The topological polar surface area (TPSA) is 21.3 Å². The zero-order chi connectivity index (χ0) is 11.8. The van der Waals surface area contributed by atoms with Crippen LogP contribution in [0.25, 0.3) is 0 Å². The van der Waals surface area contributed by atoms with Crippen LogP contribution in [0.3, 0.4) is 0 Å². The van der Waals surface area contributed by atoms with Gasteiger partial charge in [-0.05, 0) is 31.2 Å². The van der Waals surface area contributed by atoms with Crippen molar-refractivity contribution in [1.29, 1.82) is 0 Å². The Morgan fingerprint density at radius 1 is 1.47 bits per heavy atom. The van der Waals surface area contributed by atoms with E-state index in [1.54, 1.807) is 0 Å². The molecule has 0 aliphatic carbocycles. The smallest absolute Gasteiger partial charge is 0.148 e. The molecule has 0 aliphatic rings. The minimum Gasteiger partial charge on any atom is -0.481 e. The summed E-state index contributed by atoms with van der Waals surface area (Å²) in [5, 5.41) is 3.34. The molecule has 4 heteroatoms. The third-order valence-electron chi connectivity index (χ3n) is 2.08. The number of hydrogen-bond donors (Lipinski definition) is 1. The van der Waals surface area contributed by atoms with Crippen LogP contribution in [0.2, 0.25) is 0 Å². The maximum absolute atomic E-state index is 5.48. The van der Waals surface area contributed by atoms with Crippen molar-refractivity contribution < 1.29 is 4.74 Å². The van der Waals surface area contributed by atoms with E-state index in [0.717, 1.165) is 35.3 Å². The van der Waals surface area contributed by atoms with Crippen LogP contribution in [0.1, 0.15) is 18.9 Å². The summed E-state index contributed by atoms with van der Waals surface area (Å²) in [5.74, 6) is 3.32. The van der Waals surface area contributed by atoms with Gasteiger partial charge in [-0.3, -0.25) is 0 Å². The van der Waals surface area contributed by atoms with Crippen LogP contribution in [0, 0.1) is 12.3 Å². The Bertz CT molecular complexity index is 376. The summed E-state index contributed by atoms with van der Waals surface area (Å²) in [6, 6.07) is 5.94. The molecule has 0 saturated carbocycles. The van der Waals surface area contributed by atoms with Crippen molar-refractivity contribution in [2.24, 2.45) is 0 Å². The lowest BCUT2D eigenvalue weighted by Gasteiger charge is -2.10. The van der Waals surface area contributed by atoms with Crippen molar-refractivity contribution in [1.82, 2.24) is 5.32 Å². The predicted octanol–water partition coefficient (Wildman–Crippen LogP) is 3.38. The first kappa shape index (κ1) is 16.3. The quantitative estimate of drug-likeness (QED) is 0.641. The summed E-state index contributed by atoms with van der Waals surface area (Å²) >= 11 is 3.45. The number of rotatable bonds is 6. The van der Waals surface area contributed by atoms with Crippen molar-refractivity contribution in [3.63, 3.8) is 0 Å². The predicted molar refractivity (Wildman–Crippen MR) is 77.7 cm³/mol. The molecular formula is C13H17BrClNO. The lowest BCUT2D eigenvalue weighted by atomic mass is 10.2. The molecule has 0 spiro atoms. The van der Waals surface area contributed by atoms with Gasteiger partial charge >= 0.3 is 0 Å². The van der Waals surface area contributed by atoms with E-state index in [0.29, 0.717) is 6.61 Å². The molecule has 2 nitrogen and oxygen atoms in total. The SMILES string of the molecule is C#CCOc1ccc(Br)cc1CNCCC.Cl. The Balaban J connectivity index is 0.00000256. The largest absolute Gasteiger partial charge is 0.481 e. The number of benzene rings is 1. The van der Waals surface area contributed by atoms with Gasteiger partial charge in [0.2, 0.25) is 0 Å². The normalized spacial score (nSPS) is 9.24. The van der Waals surface area contributed by atoms with E-state index in [2.05, 4.69) is 40.2 Å². The first-order valence-corrected chi connectivity index (χ1v) is 6.12. The molecule has 1 aromatic rings. The second-order valence-electron chi connectivity index (χ2n) is 3.42. The molecule has 0 amide bonds. The van der Waals surface area contributed by atoms with E-state index in [1.807, 2.05) is 12.1 Å². The number of halogens is 2. The minimum atomic E-state index is 0. The average molecular weight is 319 g/mol. The van der Waals surface area contributed by atoms with Crippen molar-refractivity contribution in [3.05, 3.63) is 28.2 Å². The molecule has 0 atom stereocenters. The monoisotopic (exact) mass is 317 g/mol. The van der Waals surface area contributed by atoms with Crippen LogP contribution in [-0.4, -0.2) is 13.2 Å². The summed E-state index contributed by atoms with van der Waals surface area (Å²) < 4.78 is 6.52. The highest BCUT2D eigenvalue weighted by Crippen LogP contribution is 2.23. The highest BCUT2D eigenvalue weighted by molar-refractivity contribution is 9.10. The molecule has 1 N–H and O–H groups in total. The van der Waals surface area contributed by atoms with Crippen LogP contribution >= 0.6 is 28.3 Å². The molecule has 1 rings (SSSR count). The first-order valence-electron chi connectivity index (χ1n) is 5.33. The third kappa shape index (κ3) is 5.97. The van der Waals surface area contributed by atoms with Crippen LogP contribution in [-0.2, 0) is 6.54 Å². The van der Waals surface area contributed by atoms with Crippen LogP contribution < -0.4 is 10.1 Å². The minimum absolute atomic E-state index is 0. The zero-order valence-electron chi connectivity index (χ0n) is 9.83. The second kappa shape index (κ2) is 9.35. The van der Waals surface area contributed by atoms with Gasteiger partial charge in [-0.2, -0.15) is 0 Å². The fraction of sp³-hybridized carbons (Fsp3) is 0.385. The van der Waals surface area contributed by atoms with Gasteiger partial charge in [-0.15, -0.1) is 18.8 Å². The Morgan fingerprint density at radius 3 is 2.88 bits per heavy atom. The Kier molecular flexibility index (Phi) is 8.97. The molecule has 0 aromatic heterocycles. The summed E-state index contributed by atoms with van der Waals surface area (Å²) in [5.41, 5.74) is 1.12. The van der Waals surface area contributed by atoms with Crippen LogP contribution in [0.5, 0.6) is 5.75 Å². The molecule has 17 heavy (non-hydrogen) atoms. The highest BCUT2D eigenvalue weighted by atomic mass is 79.9. The molecule has 0 saturated heterocycles. The molecular weight excluding hydrogens is 302 g/mol. The standard InChI is InChI=1S/C13H16BrNO.ClH/c1-3-7-15-10-11-9-12(14)5-6-13(11)16-8-4-2;/h2,5-6,9,15H,3,7-8,10H2,1H3;1H. The van der Waals surface area contributed by atoms with Crippen molar-refractivity contribution in [2.75, 3.05) is 13.2 Å². The lowest BCUT2D eigenvalue weighted by Crippen LogP contribution is -2.14. The van der Waals surface area contributed by atoms with Gasteiger partial charge < -0.3 is 10.1 Å². The molecule has 94 valence electrons. The summed E-state index contributed by atoms with van der Waals surface area (Å²) in [6.07, 6.45) is 6.30. The van der Waals surface area contributed by atoms with Gasteiger partial charge in [0.15, 0.2) is 0 Å². The molecule has 1 aromatic carbocycles. The van der Waals surface area contributed by atoms with Gasteiger partial charge in [0.25, 0.3) is 0 Å². The number of ether oxygens (including phenoxy) is 1. The van der Waals surface area contributed by atoms with Gasteiger partial charge in [0, 0.05) is 16.6 Å². The molecule has 0 heterocycles. The number of hydrogen-bond acceptors (Lipinski definition) is 2. The summed E-state index contributed by atoms with van der Waals surface area (Å²) in [6.45, 7) is 4.25. The van der Waals surface area contributed by atoms with Crippen molar-refractivity contribution in [3.8, 4) is 18.1 Å². The third-order valence-corrected chi connectivity index (χ3v) is 2.57. The lowest BCUT2D eigenvalue weighted by molar-refractivity contribution is 0.364. The molecule has 0 unspecified atom stereocenters. The number of terminal acetylenes is 1. The van der Waals surface area contributed by atoms with E-state index >= 15 is 0 Å². The molecule has 0 fully saturated rings. The van der Waals surface area contributed by atoms with E-state index in [9.17, 15) is 0 Å². The van der Waals surface area contributed by atoms with E-state index < -0.39 is 0 Å². The fourth-order valence-electron chi connectivity index (χ4n) is 1.35. The van der Waals surface area contributed by atoms with Gasteiger partial charge in [-0.25, -0.2) is 0 Å². The summed E-state index contributed by atoms with van der Waals surface area (Å²) in [4.78, 5) is 0. The average Bonchev–Trinajstić information content (AvgIpc) is 2.28. The molecule has 0 radical (unpaired) electrons. The zero-order valence-corrected chi connectivity index (χ0v) is 12.2.